The van der Waals surface area contributed by atoms with Crippen LogP contribution in [0, 0.1) is 13.8 Å². The zero-order valence-corrected chi connectivity index (χ0v) is 28.8. The normalized spacial score (nSPS) is 15.3. The van der Waals surface area contributed by atoms with Crippen LogP contribution in [0.25, 0.3) is 11.8 Å². The zero-order chi connectivity index (χ0) is 35.2. The third-order valence-electron chi connectivity index (χ3n) is 8.30. The third-order valence-corrected chi connectivity index (χ3v) is 9.24. The molecular weight excluding hydrogens is 649 g/mol. The number of benzene rings is 3. The number of aryl methyl sites for hydroxylation is 1. The number of carbonyl (C=O) groups is 3. The second-order valence-corrected chi connectivity index (χ2v) is 12.5. The Morgan fingerprint density at radius 1 is 0.980 bits per heavy atom. The number of allylic oxidation sites excluding steroid dienone is 4. The van der Waals surface area contributed by atoms with Gasteiger partial charge in [-0.3, -0.25) is 19.3 Å². The van der Waals surface area contributed by atoms with E-state index in [1.807, 2.05) is 103 Å². The summed E-state index contributed by atoms with van der Waals surface area (Å²) in [7, 11) is 0. The van der Waals surface area contributed by atoms with Gasteiger partial charge >= 0.3 is 0 Å². The maximum absolute atomic E-state index is 14.2. The van der Waals surface area contributed by atoms with Gasteiger partial charge in [-0.2, -0.15) is 4.99 Å². The zero-order valence-electron chi connectivity index (χ0n) is 28.0. The Kier molecular flexibility index (Phi) is 10.3. The van der Waals surface area contributed by atoms with Crippen LogP contribution in [-0.4, -0.2) is 44.9 Å². The molecule has 0 atom stereocenters. The highest BCUT2D eigenvalue weighted by molar-refractivity contribution is 8.14. The number of ether oxygens (including phenoxy) is 2. The molecule has 0 unspecified atom stereocenters. The summed E-state index contributed by atoms with van der Waals surface area (Å²) in [5, 5.41) is 3.22. The number of nitrogens with one attached hydrogen (secondary N) is 1. The van der Waals surface area contributed by atoms with Crippen LogP contribution in [0.1, 0.15) is 41.0 Å². The average molecular weight is 685 g/mol. The van der Waals surface area contributed by atoms with Crippen LogP contribution in [-0.2, 0) is 14.4 Å². The standard InChI is InChI=1S/C40H36N4O5S/c1-5-7-18-31(6-2)44-39(47)33(22-30-21-26(3)43(27(30)4)32-19-20-34-35(23-32)49-25-48-34)38(46)42-40(44)50-24-36(45)41-37(28-14-10-8-11-15-28)29-16-12-9-13-17-29/h5-23,37H,1,24-25H2,2-4H3,(H,41,45)/b18-7-,31-6+,33-22+. The van der Waals surface area contributed by atoms with Crippen molar-refractivity contribution < 1.29 is 23.9 Å². The first kappa shape index (κ1) is 34.0. The predicted molar refractivity (Wildman–Crippen MR) is 197 cm³/mol. The Hall–Kier alpha value is -5.87. The quantitative estimate of drug-likeness (QED) is 0.108. The largest absolute Gasteiger partial charge is 0.454 e. The summed E-state index contributed by atoms with van der Waals surface area (Å²) in [5.74, 6) is -0.261. The molecule has 6 rings (SSSR count). The van der Waals surface area contributed by atoms with Gasteiger partial charge in [-0.1, -0.05) is 97.2 Å². The van der Waals surface area contributed by atoms with E-state index < -0.39 is 11.8 Å². The van der Waals surface area contributed by atoms with E-state index in [9.17, 15) is 14.4 Å². The molecule has 10 heteroatoms. The summed E-state index contributed by atoms with van der Waals surface area (Å²) in [6.45, 7) is 9.57. The van der Waals surface area contributed by atoms with Gasteiger partial charge in [0.2, 0.25) is 12.7 Å². The Morgan fingerprint density at radius 3 is 2.32 bits per heavy atom. The number of amidine groups is 1. The number of thioether (sulfide) groups is 1. The molecule has 2 aliphatic heterocycles. The molecule has 2 aliphatic rings. The van der Waals surface area contributed by atoms with Gasteiger partial charge < -0.3 is 19.4 Å². The molecule has 9 nitrogen and oxygen atoms in total. The van der Waals surface area contributed by atoms with E-state index in [-0.39, 0.29) is 35.2 Å². The van der Waals surface area contributed by atoms with E-state index in [4.69, 9.17) is 9.47 Å². The van der Waals surface area contributed by atoms with E-state index in [2.05, 4.69) is 16.9 Å². The number of hydrogen-bond acceptors (Lipinski definition) is 6. The minimum atomic E-state index is -0.684. The number of carbonyl (C=O) groups excluding carboxylic acids is 3. The number of amides is 3. The number of nitrogens with zero attached hydrogens (tertiary/aromatic N) is 3. The molecule has 0 fully saturated rings. The molecule has 3 amide bonds. The van der Waals surface area contributed by atoms with Gasteiger partial charge in [-0.15, -0.1) is 0 Å². The van der Waals surface area contributed by atoms with Crippen molar-refractivity contribution in [3.8, 4) is 17.2 Å². The van der Waals surface area contributed by atoms with Crippen LogP contribution in [0.3, 0.4) is 0 Å². The number of aromatic nitrogens is 1. The third kappa shape index (κ3) is 7.11. The van der Waals surface area contributed by atoms with Gasteiger partial charge in [0.1, 0.15) is 5.57 Å². The van der Waals surface area contributed by atoms with Crippen LogP contribution in [0.4, 0.5) is 0 Å². The molecule has 0 saturated carbocycles. The maximum Gasteiger partial charge on any atom is 0.285 e. The van der Waals surface area contributed by atoms with E-state index in [0.717, 1.165) is 40.0 Å². The number of fused-ring (bicyclic) bond motifs is 1. The Morgan fingerprint density at radius 2 is 1.66 bits per heavy atom. The van der Waals surface area contributed by atoms with Crippen molar-refractivity contribution in [3.63, 3.8) is 0 Å². The van der Waals surface area contributed by atoms with Gasteiger partial charge in [-0.25, -0.2) is 0 Å². The molecule has 3 heterocycles. The summed E-state index contributed by atoms with van der Waals surface area (Å²) in [6, 6.07) is 26.6. The number of rotatable bonds is 10. The second-order valence-electron chi connectivity index (χ2n) is 11.5. The van der Waals surface area contributed by atoms with E-state index in [0.29, 0.717) is 22.8 Å². The van der Waals surface area contributed by atoms with E-state index >= 15 is 0 Å². The highest BCUT2D eigenvalue weighted by Gasteiger charge is 2.35. The summed E-state index contributed by atoms with van der Waals surface area (Å²) in [5.41, 5.74) is 5.53. The van der Waals surface area contributed by atoms with Crippen LogP contribution in [0.15, 0.2) is 132 Å². The second kappa shape index (κ2) is 15.1. The molecule has 0 saturated heterocycles. The molecule has 0 aliphatic carbocycles. The van der Waals surface area contributed by atoms with Crippen LogP contribution in [0.2, 0.25) is 0 Å². The van der Waals surface area contributed by atoms with Crippen LogP contribution < -0.4 is 14.8 Å². The Labute approximate surface area is 295 Å². The predicted octanol–water partition coefficient (Wildman–Crippen LogP) is 7.22. The van der Waals surface area contributed by atoms with Crippen molar-refractivity contribution >= 4 is 40.7 Å². The summed E-state index contributed by atoms with van der Waals surface area (Å²) >= 11 is 1.02. The summed E-state index contributed by atoms with van der Waals surface area (Å²) in [4.78, 5) is 46.9. The topological polar surface area (TPSA) is 102 Å². The first-order chi connectivity index (χ1) is 24.3. The fraction of sp³-hybridized carbons (Fsp3) is 0.150. The van der Waals surface area contributed by atoms with E-state index in [1.54, 1.807) is 37.3 Å². The monoisotopic (exact) mass is 684 g/mol. The van der Waals surface area contributed by atoms with Crippen molar-refractivity contribution in [3.05, 3.63) is 155 Å². The van der Waals surface area contributed by atoms with Gasteiger partial charge in [0, 0.05) is 28.8 Å². The highest BCUT2D eigenvalue weighted by Crippen LogP contribution is 2.35. The number of aliphatic imine (C=N–C) groups is 1. The highest BCUT2D eigenvalue weighted by atomic mass is 32.2. The summed E-state index contributed by atoms with van der Waals surface area (Å²) < 4.78 is 13.1. The van der Waals surface area contributed by atoms with E-state index in [1.165, 1.54) is 4.90 Å². The lowest BCUT2D eigenvalue weighted by atomic mass is 9.99. The lowest BCUT2D eigenvalue weighted by Gasteiger charge is -2.28. The fourth-order valence-corrected chi connectivity index (χ4v) is 6.71. The molecule has 0 spiro atoms. The van der Waals surface area contributed by atoms with Crippen molar-refractivity contribution in [2.24, 2.45) is 4.99 Å². The molecule has 0 bridgehead atoms. The Balaban J connectivity index is 1.29. The first-order valence-electron chi connectivity index (χ1n) is 16.0. The van der Waals surface area contributed by atoms with Gasteiger partial charge in [0.05, 0.1) is 11.8 Å². The SMILES string of the molecule is C=C/C=C\C(=C/C)N1C(=O)/C(=C/c2cc(C)n(-c3ccc4c(c3)OCO4)c2C)C(=O)N=C1SCC(=O)NC(c1ccccc1)c1ccccc1. The molecule has 4 aromatic rings. The minimum absolute atomic E-state index is 0.0794. The molecule has 3 aromatic carbocycles. The minimum Gasteiger partial charge on any atom is -0.454 e. The van der Waals surface area contributed by atoms with Crippen LogP contribution in [0.5, 0.6) is 11.5 Å². The lowest BCUT2D eigenvalue weighted by molar-refractivity contribution is -0.126. The van der Waals surface area contributed by atoms with Gasteiger partial charge in [0.25, 0.3) is 11.8 Å². The molecular formula is C40H36N4O5S. The fourth-order valence-electron chi connectivity index (χ4n) is 5.90. The molecule has 50 heavy (non-hydrogen) atoms. The van der Waals surface area contributed by atoms with Gasteiger partial charge in [0.15, 0.2) is 16.7 Å². The lowest BCUT2D eigenvalue weighted by Crippen LogP contribution is -2.42. The van der Waals surface area contributed by atoms with Gasteiger partial charge in [-0.05, 0) is 67.8 Å². The van der Waals surface area contributed by atoms with Crippen LogP contribution >= 0.6 is 11.8 Å². The number of hydrogen-bond donors (Lipinski definition) is 1. The Bertz CT molecular complexity index is 2040. The maximum atomic E-state index is 14.2. The van der Waals surface area contributed by atoms with Crippen molar-refractivity contribution in [1.82, 2.24) is 14.8 Å². The molecule has 0 radical (unpaired) electrons. The van der Waals surface area contributed by atoms with Crippen molar-refractivity contribution in [1.29, 1.82) is 0 Å². The van der Waals surface area contributed by atoms with Crippen molar-refractivity contribution in [2.45, 2.75) is 26.8 Å². The molecule has 252 valence electrons. The average Bonchev–Trinajstić information content (AvgIpc) is 3.72. The first-order valence-corrected chi connectivity index (χ1v) is 17.0. The smallest absolute Gasteiger partial charge is 0.285 e. The van der Waals surface area contributed by atoms with Crippen molar-refractivity contribution in [2.75, 3.05) is 12.5 Å². The molecule has 1 N–H and O–H groups in total. The molecule has 1 aromatic heterocycles. The summed E-state index contributed by atoms with van der Waals surface area (Å²) in [6.07, 6.45) is 8.32.